The molecular weight excluding hydrogens is 335 g/mol. The van der Waals surface area contributed by atoms with E-state index in [-0.39, 0.29) is 11.1 Å². The lowest BCUT2D eigenvalue weighted by molar-refractivity contribution is -0.385. The van der Waals surface area contributed by atoms with Crippen LogP contribution >= 0.6 is 0 Å². The molecule has 1 aromatic carbocycles. The van der Waals surface area contributed by atoms with E-state index in [1.807, 2.05) is 0 Å². The Bertz CT molecular complexity index is 727. The molecule has 1 rings (SSSR count). The maximum absolute atomic E-state index is 12.3. The molecule has 1 aromatic rings. The van der Waals surface area contributed by atoms with Gasteiger partial charge in [-0.15, -0.1) is 0 Å². The number of rotatable bonds is 4. The van der Waals surface area contributed by atoms with Gasteiger partial charge in [-0.2, -0.15) is 21.6 Å². The van der Waals surface area contributed by atoms with Crippen LogP contribution in [0.2, 0.25) is 0 Å². The lowest BCUT2D eigenvalue weighted by Crippen LogP contribution is -2.28. The van der Waals surface area contributed by atoms with E-state index in [2.05, 4.69) is 8.92 Å². The number of nitrogens with zero attached hydrogens (tertiary/aromatic N) is 1. The molecule has 0 radical (unpaired) electrons. The van der Waals surface area contributed by atoms with E-state index in [1.54, 1.807) is 0 Å². The number of carbonyl (C=O) groups excluding carboxylic acids is 1. The van der Waals surface area contributed by atoms with Gasteiger partial charge in [0.2, 0.25) is 5.75 Å². The predicted octanol–water partition coefficient (Wildman–Crippen LogP) is 1.92. The fraction of sp³-hybridized carbons (Fsp3) is 0.300. The molecule has 0 amide bonds. The number of methoxy groups -OCH3 is 1. The van der Waals surface area contributed by atoms with Crippen LogP contribution in [0.4, 0.5) is 18.9 Å². The third-order valence-electron chi connectivity index (χ3n) is 2.35. The number of carbonyl (C=O) groups is 1. The summed E-state index contributed by atoms with van der Waals surface area (Å²) in [4.78, 5) is 21.0. The second-order valence-electron chi connectivity index (χ2n) is 3.87. The molecule has 0 aliphatic carbocycles. The van der Waals surface area contributed by atoms with E-state index in [0.717, 1.165) is 20.1 Å². The highest BCUT2D eigenvalue weighted by Gasteiger charge is 2.49. The Balaban J connectivity index is 3.50. The molecule has 0 unspecified atom stereocenters. The molecule has 0 N–H and O–H groups in total. The first kappa shape index (κ1) is 17.7. The molecule has 0 aliphatic heterocycles. The van der Waals surface area contributed by atoms with Crippen molar-refractivity contribution in [1.82, 2.24) is 0 Å². The first-order valence-corrected chi connectivity index (χ1v) is 6.69. The number of hydrogen-bond acceptors (Lipinski definition) is 7. The molecule has 122 valence electrons. The van der Waals surface area contributed by atoms with E-state index >= 15 is 0 Å². The summed E-state index contributed by atoms with van der Waals surface area (Å²) in [6.07, 6.45) is 0. The first-order valence-electron chi connectivity index (χ1n) is 5.29. The van der Waals surface area contributed by atoms with Crippen molar-refractivity contribution in [3.63, 3.8) is 0 Å². The van der Waals surface area contributed by atoms with E-state index in [9.17, 15) is 36.5 Å². The van der Waals surface area contributed by atoms with Gasteiger partial charge in [-0.3, -0.25) is 10.1 Å². The minimum atomic E-state index is -6.09. The van der Waals surface area contributed by atoms with Crippen molar-refractivity contribution in [3.8, 4) is 5.75 Å². The fourth-order valence-electron chi connectivity index (χ4n) is 1.39. The summed E-state index contributed by atoms with van der Waals surface area (Å²) in [6, 6.07) is 1.46. The molecule has 12 heteroatoms. The number of aryl methyl sites for hydroxylation is 1. The van der Waals surface area contributed by atoms with Crippen LogP contribution in [0.5, 0.6) is 5.75 Å². The molecule has 0 heterocycles. The van der Waals surface area contributed by atoms with E-state index in [4.69, 9.17) is 0 Å². The van der Waals surface area contributed by atoms with Gasteiger partial charge in [-0.25, -0.2) is 4.79 Å². The number of nitro groups is 1. The molecule has 0 fully saturated rings. The maximum atomic E-state index is 12.3. The van der Waals surface area contributed by atoms with E-state index in [1.165, 1.54) is 0 Å². The second kappa shape index (κ2) is 5.79. The quantitative estimate of drug-likeness (QED) is 0.270. The van der Waals surface area contributed by atoms with Crippen molar-refractivity contribution in [3.05, 3.63) is 33.4 Å². The van der Waals surface area contributed by atoms with Gasteiger partial charge >= 0.3 is 27.3 Å². The summed E-state index contributed by atoms with van der Waals surface area (Å²) >= 11 is 0. The summed E-state index contributed by atoms with van der Waals surface area (Å²) in [5.74, 6) is -2.12. The summed E-state index contributed by atoms with van der Waals surface area (Å²) in [6.45, 7) is 1.04. The highest BCUT2D eigenvalue weighted by Crippen LogP contribution is 2.36. The highest BCUT2D eigenvalue weighted by atomic mass is 32.2. The average molecular weight is 343 g/mol. The Hall–Kier alpha value is -2.37. The SMILES string of the molecule is COC(=O)c1cc(C)c(OS(=O)(=O)C(F)(F)F)c([N+](=O)[O-])c1. The van der Waals surface area contributed by atoms with Gasteiger partial charge in [0.1, 0.15) is 0 Å². The second-order valence-corrected chi connectivity index (χ2v) is 5.41. The Morgan fingerprint density at radius 2 is 1.86 bits per heavy atom. The van der Waals surface area contributed by atoms with Crippen LogP contribution in [0.25, 0.3) is 0 Å². The van der Waals surface area contributed by atoms with Crippen LogP contribution in [0.1, 0.15) is 15.9 Å². The van der Waals surface area contributed by atoms with Crippen LogP contribution in [0.15, 0.2) is 12.1 Å². The third-order valence-corrected chi connectivity index (χ3v) is 3.30. The molecule has 0 atom stereocenters. The Morgan fingerprint density at radius 1 is 1.32 bits per heavy atom. The summed E-state index contributed by atoms with van der Waals surface area (Å²) < 4.78 is 66.9. The van der Waals surface area contributed by atoms with Crippen LogP contribution in [0.3, 0.4) is 0 Å². The smallest absolute Gasteiger partial charge is 0.465 e. The van der Waals surface area contributed by atoms with Crippen molar-refractivity contribution in [2.45, 2.75) is 12.4 Å². The van der Waals surface area contributed by atoms with Gasteiger partial charge in [0.05, 0.1) is 17.6 Å². The van der Waals surface area contributed by atoms with Crippen molar-refractivity contribution in [1.29, 1.82) is 0 Å². The van der Waals surface area contributed by atoms with Crippen LogP contribution in [0, 0.1) is 17.0 Å². The molecule has 0 bridgehead atoms. The van der Waals surface area contributed by atoms with Gasteiger partial charge in [0, 0.05) is 11.6 Å². The molecule has 0 aliphatic rings. The Morgan fingerprint density at radius 3 is 2.27 bits per heavy atom. The first-order chi connectivity index (χ1) is 9.90. The third kappa shape index (κ3) is 3.44. The van der Waals surface area contributed by atoms with Gasteiger partial charge in [-0.05, 0) is 13.0 Å². The maximum Gasteiger partial charge on any atom is 0.534 e. The van der Waals surface area contributed by atoms with Crippen molar-refractivity contribution >= 4 is 21.8 Å². The molecule has 0 saturated heterocycles. The number of ether oxygens (including phenoxy) is 1. The molecular formula is C10H8F3NO7S. The largest absolute Gasteiger partial charge is 0.534 e. The van der Waals surface area contributed by atoms with Crippen LogP contribution < -0.4 is 4.18 Å². The van der Waals surface area contributed by atoms with Crippen LogP contribution in [-0.4, -0.2) is 31.9 Å². The number of esters is 1. The number of alkyl halides is 3. The number of benzene rings is 1. The monoisotopic (exact) mass is 343 g/mol. The zero-order chi connectivity index (χ0) is 17.3. The van der Waals surface area contributed by atoms with E-state index < -0.39 is 38.0 Å². The molecule has 8 nitrogen and oxygen atoms in total. The average Bonchev–Trinajstić information content (AvgIpc) is 2.37. The normalized spacial score (nSPS) is 11.9. The zero-order valence-corrected chi connectivity index (χ0v) is 11.8. The minimum absolute atomic E-state index is 0.344. The van der Waals surface area contributed by atoms with Gasteiger partial charge in [-0.1, -0.05) is 0 Å². The fourth-order valence-corrected chi connectivity index (χ4v) is 1.92. The standard InChI is InChI=1S/C10H8F3NO7S/c1-5-3-6(9(15)20-2)4-7(14(16)17)8(5)21-22(18,19)10(11,12)13/h3-4H,1-2H3. The van der Waals surface area contributed by atoms with Crippen molar-refractivity contribution in [2.24, 2.45) is 0 Å². The molecule has 0 saturated carbocycles. The molecule has 22 heavy (non-hydrogen) atoms. The van der Waals surface area contributed by atoms with Gasteiger partial charge in [0.15, 0.2) is 0 Å². The van der Waals surface area contributed by atoms with Crippen molar-refractivity contribution < 1.29 is 40.2 Å². The molecule has 0 aromatic heterocycles. The Kier molecular flexibility index (Phi) is 4.65. The summed E-state index contributed by atoms with van der Waals surface area (Å²) in [5.41, 5.74) is -7.58. The number of hydrogen-bond donors (Lipinski definition) is 0. The topological polar surface area (TPSA) is 113 Å². The van der Waals surface area contributed by atoms with Crippen LogP contribution in [-0.2, 0) is 14.9 Å². The van der Waals surface area contributed by atoms with Gasteiger partial charge < -0.3 is 8.92 Å². The van der Waals surface area contributed by atoms with Gasteiger partial charge in [0.25, 0.3) is 0 Å². The highest BCUT2D eigenvalue weighted by molar-refractivity contribution is 7.88. The van der Waals surface area contributed by atoms with Crippen molar-refractivity contribution in [2.75, 3.05) is 7.11 Å². The lowest BCUT2D eigenvalue weighted by atomic mass is 10.1. The zero-order valence-electron chi connectivity index (χ0n) is 11.0. The molecule has 0 spiro atoms. The number of nitro benzene ring substituents is 1. The summed E-state index contributed by atoms with van der Waals surface area (Å²) in [5, 5.41) is 10.9. The van der Waals surface area contributed by atoms with E-state index in [0.29, 0.717) is 6.07 Å². The number of halogens is 3. The summed E-state index contributed by atoms with van der Waals surface area (Å²) in [7, 11) is -5.10. The minimum Gasteiger partial charge on any atom is -0.465 e. The lowest BCUT2D eigenvalue weighted by Gasteiger charge is -2.12. The predicted molar refractivity (Wildman–Crippen MR) is 64.8 cm³/mol. The Labute approximate surface area is 121 Å².